The number of Topliss-reactive ketones (excluding diaryl/α,β-unsaturated/α-hetero) is 1. The number of hydrogen-bond donors (Lipinski definition) is 1. The molecular formula is C14H20O4S. The zero-order valence-electron chi connectivity index (χ0n) is 11.9. The minimum Gasteiger partial charge on any atom is -0.298 e. The van der Waals surface area contributed by atoms with Gasteiger partial charge in [0.25, 0.3) is 10.1 Å². The Morgan fingerprint density at radius 1 is 0.947 bits per heavy atom. The third-order valence-corrected chi connectivity index (χ3v) is 3.41. The summed E-state index contributed by atoms with van der Waals surface area (Å²) in [5.74, 6) is 0.325. The molecule has 1 aliphatic rings. The summed E-state index contributed by atoms with van der Waals surface area (Å²) in [7, 11) is -3.67. The highest BCUT2D eigenvalue weighted by molar-refractivity contribution is 7.85. The molecule has 0 bridgehead atoms. The van der Waals surface area contributed by atoms with Gasteiger partial charge in [0.1, 0.15) is 0 Å². The third kappa shape index (κ3) is 3.22. The second kappa shape index (κ2) is 4.72. The van der Waals surface area contributed by atoms with Crippen molar-refractivity contribution in [2.45, 2.75) is 38.5 Å². The molecule has 2 rings (SSSR count). The van der Waals surface area contributed by atoms with Crippen LogP contribution in [0.3, 0.4) is 0 Å². The zero-order chi connectivity index (χ0) is 15.1. The van der Waals surface area contributed by atoms with Gasteiger partial charge in [0.15, 0.2) is 5.78 Å². The average Bonchev–Trinajstić information content (AvgIpc) is 2.37. The summed E-state index contributed by atoms with van der Waals surface area (Å²) in [6.07, 6.45) is 0.715. The molecule has 0 aliphatic heterocycles. The predicted octanol–water partition coefficient (Wildman–Crippen LogP) is 2.33. The maximum absolute atomic E-state index is 12.2. The van der Waals surface area contributed by atoms with Gasteiger partial charge in [-0.3, -0.25) is 9.35 Å². The Morgan fingerprint density at radius 2 is 1.21 bits per heavy atom. The highest BCUT2D eigenvalue weighted by Crippen LogP contribution is 2.45. The van der Waals surface area contributed by atoms with Gasteiger partial charge in [0.2, 0.25) is 0 Å². The Morgan fingerprint density at radius 3 is 1.47 bits per heavy atom. The summed E-state index contributed by atoms with van der Waals surface area (Å²) in [5, 5.41) is 0. The Kier molecular flexibility index (Phi) is 3.94. The van der Waals surface area contributed by atoms with E-state index in [2.05, 4.69) is 12.1 Å². The van der Waals surface area contributed by atoms with Crippen LogP contribution in [-0.4, -0.2) is 25.0 Å². The van der Waals surface area contributed by atoms with Crippen molar-refractivity contribution in [3.63, 3.8) is 0 Å². The van der Waals surface area contributed by atoms with Gasteiger partial charge >= 0.3 is 0 Å². The number of ketones is 1. The van der Waals surface area contributed by atoms with Crippen LogP contribution in [0.5, 0.6) is 0 Å². The number of carbonyl (C=O) groups excluding carboxylic acids is 1. The SMILES string of the molecule is CC1(C)C(=O)C(C)(C)c2ccccc21.CS(=O)(=O)O. The molecule has 0 radical (unpaired) electrons. The van der Waals surface area contributed by atoms with Crippen LogP contribution in [0.1, 0.15) is 38.8 Å². The van der Waals surface area contributed by atoms with Gasteiger partial charge in [0, 0.05) is 10.8 Å². The fourth-order valence-corrected chi connectivity index (χ4v) is 2.60. The van der Waals surface area contributed by atoms with E-state index in [1.807, 2.05) is 39.8 Å². The minimum atomic E-state index is -3.67. The Bertz CT molecular complexity index is 553. The van der Waals surface area contributed by atoms with E-state index in [0.717, 1.165) is 0 Å². The summed E-state index contributed by atoms with van der Waals surface area (Å²) < 4.78 is 25.9. The minimum absolute atomic E-state index is 0.319. The standard InChI is InChI=1S/C13H16O.CH4O3S/c1-12(2)9-7-5-6-8-10(9)13(3,4)11(12)14;1-5(2,3)4/h5-8H,1-4H3;1H3,(H,2,3,4). The van der Waals surface area contributed by atoms with Crippen molar-refractivity contribution in [1.29, 1.82) is 0 Å². The van der Waals surface area contributed by atoms with Crippen molar-refractivity contribution in [2.24, 2.45) is 0 Å². The lowest BCUT2D eigenvalue weighted by atomic mass is 9.80. The lowest BCUT2D eigenvalue weighted by Crippen LogP contribution is -2.33. The molecule has 0 heterocycles. The first-order valence-electron chi connectivity index (χ1n) is 5.96. The van der Waals surface area contributed by atoms with Crippen LogP contribution in [0.15, 0.2) is 24.3 Å². The van der Waals surface area contributed by atoms with Crippen molar-refractivity contribution in [3.05, 3.63) is 35.4 Å². The highest BCUT2D eigenvalue weighted by Gasteiger charge is 2.49. The Balaban J connectivity index is 0.000000312. The fraction of sp³-hybridized carbons (Fsp3) is 0.500. The van der Waals surface area contributed by atoms with Crippen LogP contribution in [0.25, 0.3) is 0 Å². The van der Waals surface area contributed by atoms with Crippen LogP contribution < -0.4 is 0 Å². The van der Waals surface area contributed by atoms with E-state index in [0.29, 0.717) is 12.0 Å². The monoisotopic (exact) mass is 284 g/mol. The smallest absolute Gasteiger partial charge is 0.261 e. The summed E-state index contributed by atoms with van der Waals surface area (Å²) >= 11 is 0. The molecule has 4 nitrogen and oxygen atoms in total. The number of benzene rings is 1. The zero-order valence-corrected chi connectivity index (χ0v) is 12.7. The van der Waals surface area contributed by atoms with Gasteiger partial charge in [0.05, 0.1) is 6.26 Å². The first-order chi connectivity index (χ1) is 8.38. The second-order valence-corrected chi connectivity index (χ2v) is 7.32. The molecule has 1 N–H and O–H groups in total. The molecule has 19 heavy (non-hydrogen) atoms. The van der Waals surface area contributed by atoms with Crippen LogP contribution in [0.4, 0.5) is 0 Å². The number of rotatable bonds is 0. The molecule has 1 aliphatic carbocycles. The molecular weight excluding hydrogens is 264 g/mol. The van der Waals surface area contributed by atoms with Gasteiger partial charge < -0.3 is 0 Å². The van der Waals surface area contributed by atoms with Crippen molar-refractivity contribution in [3.8, 4) is 0 Å². The van der Waals surface area contributed by atoms with Crippen molar-refractivity contribution in [2.75, 3.05) is 6.26 Å². The summed E-state index contributed by atoms with van der Waals surface area (Å²) in [6, 6.07) is 8.16. The van der Waals surface area contributed by atoms with E-state index in [-0.39, 0.29) is 10.8 Å². The Hall–Kier alpha value is -1.20. The van der Waals surface area contributed by atoms with Crippen molar-refractivity contribution >= 4 is 15.9 Å². The molecule has 0 unspecified atom stereocenters. The largest absolute Gasteiger partial charge is 0.298 e. The first-order valence-corrected chi connectivity index (χ1v) is 7.80. The predicted molar refractivity (Wildman–Crippen MR) is 75.0 cm³/mol. The van der Waals surface area contributed by atoms with Gasteiger partial charge in [-0.15, -0.1) is 0 Å². The highest BCUT2D eigenvalue weighted by atomic mass is 32.2. The molecule has 5 heteroatoms. The van der Waals surface area contributed by atoms with Crippen molar-refractivity contribution in [1.82, 2.24) is 0 Å². The average molecular weight is 284 g/mol. The topological polar surface area (TPSA) is 71.4 Å². The molecule has 0 spiro atoms. The molecule has 0 aromatic heterocycles. The second-order valence-electron chi connectivity index (χ2n) is 5.86. The number of fused-ring (bicyclic) bond motifs is 1. The Labute approximate surface area is 114 Å². The summed E-state index contributed by atoms with van der Waals surface area (Å²) in [5.41, 5.74) is 1.74. The molecule has 0 fully saturated rings. The van der Waals surface area contributed by atoms with E-state index in [9.17, 15) is 13.2 Å². The lowest BCUT2D eigenvalue weighted by Gasteiger charge is -2.21. The molecule has 0 saturated heterocycles. The molecule has 1 aromatic carbocycles. The van der Waals surface area contributed by atoms with E-state index >= 15 is 0 Å². The van der Waals surface area contributed by atoms with E-state index in [1.54, 1.807) is 0 Å². The van der Waals surface area contributed by atoms with Crippen LogP contribution in [0.2, 0.25) is 0 Å². The van der Waals surface area contributed by atoms with Crippen LogP contribution >= 0.6 is 0 Å². The fourth-order valence-electron chi connectivity index (χ4n) is 2.60. The molecule has 0 amide bonds. The normalized spacial score (nSPS) is 19.4. The van der Waals surface area contributed by atoms with E-state index < -0.39 is 10.1 Å². The van der Waals surface area contributed by atoms with E-state index in [4.69, 9.17) is 4.55 Å². The van der Waals surface area contributed by atoms with Crippen LogP contribution in [-0.2, 0) is 25.7 Å². The summed E-state index contributed by atoms with van der Waals surface area (Å²) in [6.45, 7) is 8.07. The number of carbonyl (C=O) groups is 1. The maximum atomic E-state index is 12.2. The molecule has 0 saturated carbocycles. The van der Waals surface area contributed by atoms with Gasteiger partial charge in [-0.1, -0.05) is 24.3 Å². The van der Waals surface area contributed by atoms with Gasteiger partial charge in [-0.25, -0.2) is 0 Å². The number of hydrogen-bond acceptors (Lipinski definition) is 3. The quantitative estimate of drug-likeness (QED) is 0.742. The maximum Gasteiger partial charge on any atom is 0.261 e. The first kappa shape index (κ1) is 15.9. The molecule has 0 atom stereocenters. The van der Waals surface area contributed by atoms with Gasteiger partial charge in [-0.2, -0.15) is 8.42 Å². The molecule has 1 aromatic rings. The third-order valence-electron chi connectivity index (χ3n) is 3.41. The van der Waals surface area contributed by atoms with Crippen LogP contribution in [0, 0.1) is 0 Å². The van der Waals surface area contributed by atoms with Crippen molar-refractivity contribution < 1.29 is 17.8 Å². The molecule has 106 valence electrons. The van der Waals surface area contributed by atoms with E-state index in [1.165, 1.54) is 11.1 Å². The lowest BCUT2D eigenvalue weighted by molar-refractivity contribution is -0.126. The van der Waals surface area contributed by atoms with Gasteiger partial charge in [-0.05, 0) is 38.8 Å². The summed E-state index contributed by atoms with van der Waals surface area (Å²) in [4.78, 5) is 12.2.